The molecule has 1 aromatic carbocycles. The molecule has 1 fully saturated rings. The third-order valence-electron chi connectivity index (χ3n) is 5.17. The summed E-state index contributed by atoms with van der Waals surface area (Å²) < 4.78 is 5.09. The molecule has 1 saturated heterocycles. The Balaban J connectivity index is 1.63. The zero-order chi connectivity index (χ0) is 19.2. The van der Waals surface area contributed by atoms with E-state index in [4.69, 9.17) is 9.72 Å². The Hall–Kier alpha value is -2.34. The molecule has 0 amide bonds. The Morgan fingerprint density at radius 1 is 1.04 bits per heavy atom. The third-order valence-corrected chi connectivity index (χ3v) is 5.17. The first-order valence-electron chi connectivity index (χ1n) is 9.73. The number of hydrogen-bond donors (Lipinski definition) is 1. The Kier molecular flexibility index (Phi) is 6.50. The zero-order valence-electron chi connectivity index (χ0n) is 17.0. The number of nitrogens with one attached hydrogen (secondary N) is 1. The Bertz CT molecular complexity index is 756. The summed E-state index contributed by atoms with van der Waals surface area (Å²) in [7, 11) is 1.72. The van der Waals surface area contributed by atoms with Gasteiger partial charge in [0.25, 0.3) is 0 Å². The lowest BCUT2D eigenvalue weighted by atomic mass is 10.1. The Labute approximate surface area is 162 Å². The van der Waals surface area contributed by atoms with Gasteiger partial charge in [0.05, 0.1) is 0 Å². The van der Waals surface area contributed by atoms with Crippen LogP contribution < -0.4 is 15.1 Å². The second-order valence-electron chi connectivity index (χ2n) is 7.16. The molecule has 0 atom stereocenters. The van der Waals surface area contributed by atoms with Crippen molar-refractivity contribution < 1.29 is 4.74 Å². The van der Waals surface area contributed by atoms with Crippen LogP contribution in [0.3, 0.4) is 0 Å². The molecule has 6 heteroatoms. The van der Waals surface area contributed by atoms with Crippen molar-refractivity contribution in [1.29, 1.82) is 0 Å². The molecule has 27 heavy (non-hydrogen) atoms. The van der Waals surface area contributed by atoms with Crippen LogP contribution in [0.1, 0.15) is 23.2 Å². The highest BCUT2D eigenvalue weighted by atomic mass is 16.5. The molecule has 0 unspecified atom stereocenters. The zero-order valence-corrected chi connectivity index (χ0v) is 17.0. The van der Waals surface area contributed by atoms with Gasteiger partial charge in [0, 0.05) is 63.9 Å². The normalized spacial score (nSPS) is 14.5. The maximum atomic E-state index is 5.09. The number of nitrogens with zero attached hydrogens (tertiary/aromatic N) is 4. The average molecular weight is 370 g/mol. The second kappa shape index (κ2) is 9.04. The first-order valence-corrected chi connectivity index (χ1v) is 9.73. The molecule has 2 aromatic rings. The van der Waals surface area contributed by atoms with E-state index >= 15 is 0 Å². The van der Waals surface area contributed by atoms with E-state index in [1.54, 1.807) is 7.11 Å². The summed E-state index contributed by atoms with van der Waals surface area (Å²) in [5, 5.41) is 3.31. The Morgan fingerprint density at radius 3 is 2.52 bits per heavy atom. The highest BCUT2D eigenvalue weighted by molar-refractivity contribution is 5.57. The maximum Gasteiger partial charge on any atom is 0.224 e. The molecule has 146 valence electrons. The van der Waals surface area contributed by atoms with Gasteiger partial charge in [-0.15, -0.1) is 0 Å². The van der Waals surface area contributed by atoms with E-state index in [-0.39, 0.29) is 0 Å². The van der Waals surface area contributed by atoms with Crippen molar-refractivity contribution in [3.05, 3.63) is 41.1 Å². The molecule has 1 N–H and O–H groups in total. The summed E-state index contributed by atoms with van der Waals surface area (Å²) in [6.45, 7) is 11.9. The Morgan fingerprint density at radius 2 is 1.78 bits per heavy atom. The molecule has 0 bridgehead atoms. The van der Waals surface area contributed by atoms with E-state index in [1.165, 1.54) is 16.8 Å². The van der Waals surface area contributed by atoms with Crippen molar-refractivity contribution in [3.8, 4) is 0 Å². The number of hydrogen-bond acceptors (Lipinski definition) is 6. The van der Waals surface area contributed by atoms with Gasteiger partial charge in [-0.05, 0) is 44.4 Å². The van der Waals surface area contributed by atoms with Gasteiger partial charge in [-0.1, -0.05) is 12.1 Å². The predicted molar refractivity (Wildman–Crippen MR) is 112 cm³/mol. The minimum Gasteiger partial charge on any atom is -0.385 e. The first kappa shape index (κ1) is 19.4. The molecular weight excluding hydrogens is 338 g/mol. The van der Waals surface area contributed by atoms with E-state index in [9.17, 15) is 0 Å². The van der Waals surface area contributed by atoms with Crippen LogP contribution in [0.4, 0.5) is 17.5 Å². The smallest absolute Gasteiger partial charge is 0.224 e. The van der Waals surface area contributed by atoms with Crippen LogP contribution in [-0.2, 0) is 4.74 Å². The van der Waals surface area contributed by atoms with E-state index in [2.05, 4.69) is 58.2 Å². The number of methoxy groups -OCH3 is 1. The number of benzene rings is 1. The largest absolute Gasteiger partial charge is 0.385 e. The highest BCUT2D eigenvalue weighted by Crippen LogP contribution is 2.25. The fraction of sp³-hybridized carbons (Fsp3) is 0.524. The van der Waals surface area contributed by atoms with Gasteiger partial charge in [0.15, 0.2) is 0 Å². The number of aromatic nitrogens is 2. The number of anilines is 3. The van der Waals surface area contributed by atoms with Crippen LogP contribution in [0.2, 0.25) is 0 Å². The average Bonchev–Trinajstić information content (AvgIpc) is 2.67. The van der Waals surface area contributed by atoms with E-state index in [0.717, 1.165) is 57.3 Å². The molecule has 0 aliphatic carbocycles. The summed E-state index contributed by atoms with van der Waals surface area (Å²) in [4.78, 5) is 14.1. The molecule has 3 rings (SSSR count). The monoisotopic (exact) mass is 369 g/mol. The standard InChI is InChI=1S/C21H31N5O/c1-16-7-5-8-19(18(16)3)25-10-12-26(13-11-25)20-15-17(2)23-21(24-20)22-9-6-14-27-4/h5,7-8,15H,6,9-14H2,1-4H3,(H,22,23,24). The van der Waals surface area contributed by atoms with Crippen molar-refractivity contribution in [2.24, 2.45) is 0 Å². The molecule has 0 radical (unpaired) electrons. The van der Waals surface area contributed by atoms with Gasteiger partial charge in [-0.3, -0.25) is 0 Å². The highest BCUT2D eigenvalue weighted by Gasteiger charge is 2.20. The van der Waals surface area contributed by atoms with Crippen molar-refractivity contribution in [2.75, 3.05) is 61.6 Å². The third kappa shape index (κ3) is 4.89. The molecule has 1 aromatic heterocycles. The van der Waals surface area contributed by atoms with Crippen molar-refractivity contribution >= 4 is 17.5 Å². The van der Waals surface area contributed by atoms with Gasteiger partial charge < -0.3 is 19.9 Å². The van der Waals surface area contributed by atoms with Crippen LogP contribution in [-0.4, -0.2) is 56.4 Å². The molecule has 6 nitrogen and oxygen atoms in total. The van der Waals surface area contributed by atoms with Gasteiger partial charge in [0.2, 0.25) is 5.95 Å². The molecular formula is C21H31N5O. The summed E-state index contributed by atoms with van der Waals surface area (Å²) in [5.41, 5.74) is 5.08. The van der Waals surface area contributed by atoms with Crippen LogP contribution in [0.5, 0.6) is 0 Å². The van der Waals surface area contributed by atoms with E-state index in [1.807, 2.05) is 6.92 Å². The molecule has 0 spiro atoms. The van der Waals surface area contributed by atoms with Gasteiger partial charge >= 0.3 is 0 Å². The number of rotatable bonds is 7. The number of aryl methyl sites for hydroxylation is 2. The van der Waals surface area contributed by atoms with Crippen molar-refractivity contribution in [1.82, 2.24) is 9.97 Å². The van der Waals surface area contributed by atoms with Gasteiger partial charge in [0.1, 0.15) is 5.82 Å². The second-order valence-corrected chi connectivity index (χ2v) is 7.16. The summed E-state index contributed by atoms with van der Waals surface area (Å²) in [6, 6.07) is 8.64. The minimum atomic E-state index is 0.707. The van der Waals surface area contributed by atoms with E-state index in [0.29, 0.717) is 5.95 Å². The molecule has 2 heterocycles. The summed E-state index contributed by atoms with van der Waals surface area (Å²) in [6.07, 6.45) is 0.942. The lowest BCUT2D eigenvalue weighted by Crippen LogP contribution is -2.47. The summed E-state index contributed by atoms with van der Waals surface area (Å²) in [5.74, 6) is 1.72. The SMILES string of the molecule is COCCCNc1nc(C)cc(N2CCN(c3cccc(C)c3C)CC2)n1. The quantitative estimate of drug-likeness (QED) is 0.757. The summed E-state index contributed by atoms with van der Waals surface area (Å²) >= 11 is 0. The van der Waals surface area contributed by atoms with Crippen LogP contribution >= 0.6 is 0 Å². The fourth-order valence-electron chi connectivity index (χ4n) is 3.46. The molecule has 1 aliphatic heterocycles. The lowest BCUT2D eigenvalue weighted by molar-refractivity contribution is 0.197. The van der Waals surface area contributed by atoms with Crippen molar-refractivity contribution in [2.45, 2.75) is 27.2 Å². The van der Waals surface area contributed by atoms with E-state index < -0.39 is 0 Å². The van der Waals surface area contributed by atoms with Crippen LogP contribution in [0, 0.1) is 20.8 Å². The number of piperazine rings is 1. The fourth-order valence-corrected chi connectivity index (χ4v) is 3.46. The van der Waals surface area contributed by atoms with Crippen molar-refractivity contribution in [3.63, 3.8) is 0 Å². The van der Waals surface area contributed by atoms with Gasteiger partial charge in [-0.2, -0.15) is 4.98 Å². The first-order chi connectivity index (χ1) is 13.1. The predicted octanol–water partition coefficient (Wildman–Crippen LogP) is 3.18. The maximum absolute atomic E-state index is 5.09. The topological polar surface area (TPSA) is 53.5 Å². The molecule has 1 aliphatic rings. The number of ether oxygens (including phenoxy) is 1. The minimum absolute atomic E-state index is 0.707. The van der Waals surface area contributed by atoms with Gasteiger partial charge in [-0.25, -0.2) is 4.98 Å². The lowest BCUT2D eigenvalue weighted by Gasteiger charge is -2.37. The van der Waals surface area contributed by atoms with Crippen LogP contribution in [0.25, 0.3) is 0 Å². The van der Waals surface area contributed by atoms with Crippen LogP contribution in [0.15, 0.2) is 24.3 Å². The molecule has 0 saturated carbocycles.